The number of aryl methyl sites for hydroxylation is 1. The van der Waals surface area contributed by atoms with E-state index in [1.54, 1.807) is 26.4 Å². The predicted octanol–water partition coefficient (Wildman–Crippen LogP) is 4.06. The van der Waals surface area contributed by atoms with Crippen molar-refractivity contribution in [1.29, 1.82) is 0 Å². The molecule has 1 aliphatic heterocycles. The molecule has 1 aromatic carbocycles. The van der Waals surface area contributed by atoms with Crippen molar-refractivity contribution in [2.24, 2.45) is 0 Å². The van der Waals surface area contributed by atoms with Gasteiger partial charge in [0.05, 0.1) is 31.5 Å². The quantitative estimate of drug-likeness (QED) is 0.590. The van der Waals surface area contributed by atoms with Crippen molar-refractivity contribution in [1.82, 2.24) is 14.9 Å². The fourth-order valence-electron chi connectivity index (χ4n) is 3.23. The molecule has 1 atom stereocenters. The van der Waals surface area contributed by atoms with Gasteiger partial charge >= 0.3 is 0 Å². The fraction of sp³-hybridized carbons (Fsp3) is 0.500. The lowest BCUT2D eigenvalue weighted by Crippen LogP contribution is -2.49. The molecule has 1 aliphatic rings. The standard InChI is InChI=1S/C22H29ClN4O4S/c1-13(2)21-24-14(3)8-20(26-21)31-12-15-11-27(6-7-30-15)22(32)25-17-10-18(28-4)16(23)9-19(17)29-5/h8-10,13,15H,6-7,11-12H2,1-5H3,(H,25,32). The monoisotopic (exact) mass is 480 g/mol. The molecule has 0 saturated carbocycles. The minimum Gasteiger partial charge on any atom is -0.495 e. The van der Waals surface area contributed by atoms with Gasteiger partial charge in [-0.3, -0.25) is 0 Å². The topological polar surface area (TPSA) is 78.0 Å². The molecular weight excluding hydrogens is 452 g/mol. The molecule has 0 aliphatic carbocycles. The molecule has 1 N–H and O–H groups in total. The number of nitrogens with zero attached hydrogens (tertiary/aromatic N) is 3. The number of aromatic nitrogens is 2. The number of nitrogens with one attached hydrogen (secondary N) is 1. The van der Waals surface area contributed by atoms with Crippen molar-refractivity contribution in [2.45, 2.75) is 32.8 Å². The van der Waals surface area contributed by atoms with E-state index in [1.807, 2.05) is 17.9 Å². The summed E-state index contributed by atoms with van der Waals surface area (Å²) in [4.78, 5) is 11.0. The first-order chi connectivity index (χ1) is 15.3. The lowest BCUT2D eigenvalue weighted by Gasteiger charge is -2.34. The lowest BCUT2D eigenvalue weighted by molar-refractivity contribution is -0.0288. The number of rotatable bonds is 7. The van der Waals surface area contributed by atoms with Gasteiger partial charge in [-0.2, -0.15) is 4.98 Å². The lowest BCUT2D eigenvalue weighted by atomic mass is 10.2. The van der Waals surface area contributed by atoms with Crippen LogP contribution in [0.3, 0.4) is 0 Å². The first-order valence-corrected chi connectivity index (χ1v) is 11.2. The zero-order chi connectivity index (χ0) is 23.3. The second kappa shape index (κ2) is 11.0. The van der Waals surface area contributed by atoms with Gasteiger partial charge in [0.1, 0.15) is 30.0 Å². The van der Waals surface area contributed by atoms with E-state index in [2.05, 4.69) is 29.1 Å². The molecule has 1 aromatic heterocycles. The number of methoxy groups -OCH3 is 2. The highest BCUT2D eigenvalue weighted by Gasteiger charge is 2.24. The molecule has 1 unspecified atom stereocenters. The van der Waals surface area contributed by atoms with Crippen LogP contribution in [-0.2, 0) is 4.74 Å². The van der Waals surface area contributed by atoms with E-state index in [1.165, 1.54) is 0 Å². The van der Waals surface area contributed by atoms with Crippen molar-refractivity contribution < 1.29 is 18.9 Å². The summed E-state index contributed by atoms with van der Waals surface area (Å²) in [7, 11) is 3.14. The van der Waals surface area contributed by atoms with Gasteiger partial charge in [-0.05, 0) is 19.1 Å². The van der Waals surface area contributed by atoms with Gasteiger partial charge in [-0.25, -0.2) is 4.98 Å². The van der Waals surface area contributed by atoms with Crippen molar-refractivity contribution >= 4 is 34.6 Å². The average molecular weight is 481 g/mol. The Kier molecular flexibility index (Phi) is 8.33. The number of ether oxygens (including phenoxy) is 4. The summed E-state index contributed by atoms with van der Waals surface area (Å²) in [6, 6.07) is 5.29. The van der Waals surface area contributed by atoms with Crippen LogP contribution in [0.4, 0.5) is 5.69 Å². The zero-order valence-electron chi connectivity index (χ0n) is 19.0. The van der Waals surface area contributed by atoms with E-state index >= 15 is 0 Å². The van der Waals surface area contributed by atoms with Crippen LogP contribution in [0.1, 0.15) is 31.3 Å². The summed E-state index contributed by atoms with van der Waals surface area (Å²) in [5, 5.41) is 4.25. The van der Waals surface area contributed by atoms with Gasteiger partial charge in [0.25, 0.3) is 0 Å². The normalized spacial score (nSPS) is 16.1. The van der Waals surface area contributed by atoms with Gasteiger partial charge in [0.15, 0.2) is 5.11 Å². The van der Waals surface area contributed by atoms with Crippen LogP contribution >= 0.6 is 23.8 Å². The summed E-state index contributed by atoms with van der Waals surface area (Å²) in [6.07, 6.45) is -0.150. The Balaban J connectivity index is 1.62. The average Bonchev–Trinajstić information content (AvgIpc) is 2.78. The van der Waals surface area contributed by atoms with Crippen LogP contribution in [0.5, 0.6) is 17.4 Å². The molecule has 3 rings (SSSR count). The highest BCUT2D eigenvalue weighted by molar-refractivity contribution is 7.80. The highest BCUT2D eigenvalue weighted by atomic mass is 35.5. The summed E-state index contributed by atoms with van der Waals surface area (Å²) >= 11 is 11.8. The van der Waals surface area contributed by atoms with E-state index in [0.717, 1.165) is 11.5 Å². The Labute approximate surface area is 199 Å². The van der Waals surface area contributed by atoms with Crippen molar-refractivity contribution in [3.8, 4) is 17.4 Å². The number of anilines is 1. The predicted molar refractivity (Wildman–Crippen MR) is 128 cm³/mol. The largest absolute Gasteiger partial charge is 0.495 e. The van der Waals surface area contributed by atoms with E-state index in [-0.39, 0.29) is 12.0 Å². The Hall–Kier alpha value is -2.36. The molecule has 0 radical (unpaired) electrons. The first-order valence-electron chi connectivity index (χ1n) is 10.4. The fourth-order valence-corrected chi connectivity index (χ4v) is 3.74. The van der Waals surface area contributed by atoms with Crippen molar-refractivity contribution in [2.75, 3.05) is 45.8 Å². The Morgan fingerprint density at radius 2 is 2.00 bits per heavy atom. The molecule has 2 heterocycles. The highest BCUT2D eigenvalue weighted by Crippen LogP contribution is 2.36. The van der Waals surface area contributed by atoms with Gasteiger partial charge in [0, 0.05) is 42.9 Å². The maximum Gasteiger partial charge on any atom is 0.216 e. The third-order valence-corrected chi connectivity index (χ3v) is 5.58. The summed E-state index contributed by atoms with van der Waals surface area (Å²) < 4.78 is 22.5. The molecule has 32 heavy (non-hydrogen) atoms. The van der Waals surface area contributed by atoms with Crippen molar-refractivity contribution in [3.05, 3.63) is 34.7 Å². The summed E-state index contributed by atoms with van der Waals surface area (Å²) in [5.41, 5.74) is 1.55. The van der Waals surface area contributed by atoms with Crippen LogP contribution in [0.25, 0.3) is 0 Å². The van der Waals surface area contributed by atoms with Crippen LogP contribution in [0, 0.1) is 6.92 Å². The molecule has 174 valence electrons. The van der Waals surface area contributed by atoms with E-state index in [9.17, 15) is 0 Å². The zero-order valence-corrected chi connectivity index (χ0v) is 20.5. The Morgan fingerprint density at radius 3 is 2.69 bits per heavy atom. The minimum atomic E-state index is -0.150. The van der Waals surface area contributed by atoms with Crippen molar-refractivity contribution in [3.63, 3.8) is 0 Å². The smallest absolute Gasteiger partial charge is 0.216 e. The molecular formula is C22H29ClN4O4S. The van der Waals surface area contributed by atoms with Crippen LogP contribution in [0.2, 0.25) is 5.02 Å². The molecule has 0 bridgehead atoms. The van der Waals surface area contributed by atoms with Crippen LogP contribution in [-0.4, -0.2) is 66.6 Å². The maximum absolute atomic E-state index is 6.19. The number of hydrogen-bond donors (Lipinski definition) is 1. The molecule has 10 heteroatoms. The van der Waals surface area contributed by atoms with Gasteiger partial charge in [-0.1, -0.05) is 25.4 Å². The van der Waals surface area contributed by atoms with Crippen LogP contribution in [0.15, 0.2) is 18.2 Å². The number of benzene rings is 1. The van der Waals surface area contributed by atoms with E-state index in [4.69, 9.17) is 42.8 Å². The Bertz CT molecular complexity index is 960. The number of hydrogen-bond acceptors (Lipinski definition) is 7. The van der Waals surface area contributed by atoms with Gasteiger partial charge in [0.2, 0.25) is 5.88 Å². The third kappa shape index (κ3) is 6.11. The second-order valence-electron chi connectivity index (χ2n) is 7.73. The molecule has 1 saturated heterocycles. The number of halogens is 1. The maximum atomic E-state index is 6.19. The van der Waals surface area contributed by atoms with Gasteiger partial charge < -0.3 is 29.2 Å². The first kappa shape index (κ1) is 24.3. The third-order valence-electron chi connectivity index (χ3n) is 4.92. The van der Waals surface area contributed by atoms with Crippen LogP contribution < -0.4 is 19.5 Å². The SMILES string of the molecule is COc1cc(NC(=S)N2CCOC(COc3cc(C)nc(C(C)C)n3)C2)c(OC)cc1Cl. The molecule has 8 nitrogen and oxygen atoms in total. The molecule has 0 spiro atoms. The molecule has 2 aromatic rings. The summed E-state index contributed by atoms with van der Waals surface area (Å²) in [6.45, 7) is 8.20. The van der Waals surface area contributed by atoms with Gasteiger partial charge in [-0.15, -0.1) is 0 Å². The van der Waals surface area contributed by atoms with E-state index in [0.29, 0.717) is 59.5 Å². The Morgan fingerprint density at radius 1 is 1.25 bits per heavy atom. The van der Waals surface area contributed by atoms with E-state index < -0.39 is 0 Å². The second-order valence-corrected chi connectivity index (χ2v) is 8.52. The summed E-state index contributed by atoms with van der Waals surface area (Å²) in [5.74, 6) is 2.66. The molecule has 0 amide bonds. The molecule has 1 fully saturated rings. The minimum absolute atomic E-state index is 0.150. The number of morpholine rings is 1. The number of thiocarbonyl (C=S) groups is 1.